The van der Waals surface area contributed by atoms with Crippen molar-refractivity contribution in [3.05, 3.63) is 150 Å². The third kappa shape index (κ3) is 10.1. The number of ether oxygens (including phenoxy) is 1. The number of rotatable bonds is 16. The minimum absolute atomic E-state index is 0.0480. The Kier molecular flexibility index (Phi) is 12.7. The fourth-order valence-corrected chi connectivity index (χ4v) is 7.57. The van der Waals surface area contributed by atoms with Crippen molar-refractivity contribution in [1.82, 2.24) is 25.1 Å². The SMILES string of the molecule is O=C(NC(CCCc1ccccc1)CCCc1ccccc1)C1CN(C[C@H](O)COc2cccc3ncccc23)CCN1C(=O)c1ccc2ncccc2c1. The number of fused-ring (bicyclic) bond motifs is 2. The van der Waals surface area contributed by atoms with Gasteiger partial charge in [-0.3, -0.25) is 24.5 Å². The van der Waals surface area contributed by atoms with Crippen molar-refractivity contribution < 1.29 is 19.4 Å². The highest BCUT2D eigenvalue weighted by molar-refractivity contribution is 6.00. The molecule has 6 aromatic rings. The Morgan fingerprint density at radius 3 is 2.18 bits per heavy atom. The van der Waals surface area contributed by atoms with E-state index >= 15 is 0 Å². The number of carbonyl (C=O) groups is 2. The van der Waals surface area contributed by atoms with Crippen molar-refractivity contribution in [2.45, 2.75) is 56.7 Å². The van der Waals surface area contributed by atoms with Gasteiger partial charge in [0, 0.05) is 61.0 Å². The lowest BCUT2D eigenvalue weighted by molar-refractivity contribution is -0.128. The first-order valence-corrected chi connectivity index (χ1v) is 19.4. The molecule has 55 heavy (non-hydrogen) atoms. The van der Waals surface area contributed by atoms with Crippen LogP contribution in [-0.2, 0) is 17.6 Å². The van der Waals surface area contributed by atoms with Gasteiger partial charge in [0.15, 0.2) is 0 Å². The average molecular weight is 736 g/mol. The molecule has 4 aromatic carbocycles. The fourth-order valence-electron chi connectivity index (χ4n) is 7.57. The first kappa shape index (κ1) is 37.7. The second-order valence-electron chi connectivity index (χ2n) is 14.4. The predicted molar refractivity (Wildman–Crippen MR) is 217 cm³/mol. The molecule has 282 valence electrons. The van der Waals surface area contributed by atoms with Gasteiger partial charge in [0.05, 0.1) is 11.0 Å². The molecule has 9 nitrogen and oxygen atoms in total. The molecule has 2 atom stereocenters. The third-order valence-electron chi connectivity index (χ3n) is 10.5. The van der Waals surface area contributed by atoms with Crippen LogP contribution in [0.5, 0.6) is 5.75 Å². The lowest BCUT2D eigenvalue weighted by atomic mass is 9.98. The Balaban J connectivity index is 1.06. The van der Waals surface area contributed by atoms with Gasteiger partial charge in [0.25, 0.3) is 5.91 Å². The molecule has 1 aliphatic rings. The van der Waals surface area contributed by atoms with Crippen LogP contribution in [0.1, 0.15) is 47.2 Å². The van der Waals surface area contributed by atoms with Crippen LogP contribution in [0, 0.1) is 0 Å². The number of nitrogens with one attached hydrogen (secondary N) is 1. The number of aliphatic hydroxyl groups excluding tert-OH is 1. The van der Waals surface area contributed by atoms with E-state index in [1.807, 2.05) is 66.7 Å². The highest BCUT2D eigenvalue weighted by Crippen LogP contribution is 2.24. The molecule has 0 aliphatic carbocycles. The van der Waals surface area contributed by atoms with E-state index in [4.69, 9.17) is 4.74 Å². The maximum Gasteiger partial charge on any atom is 0.254 e. The largest absolute Gasteiger partial charge is 0.490 e. The number of aromatic nitrogens is 2. The molecule has 1 unspecified atom stereocenters. The molecule has 1 fully saturated rings. The summed E-state index contributed by atoms with van der Waals surface area (Å²) in [6, 6.07) is 38.9. The molecule has 2 aromatic heterocycles. The summed E-state index contributed by atoms with van der Waals surface area (Å²) in [6.45, 7) is 1.53. The third-order valence-corrected chi connectivity index (χ3v) is 10.5. The monoisotopic (exact) mass is 735 g/mol. The fraction of sp³-hybridized carbons (Fsp3) is 0.304. The van der Waals surface area contributed by atoms with Gasteiger partial charge < -0.3 is 20.1 Å². The number of nitrogens with zero attached hydrogens (tertiary/aromatic N) is 4. The summed E-state index contributed by atoms with van der Waals surface area (Å²) in [5, 5.41) is 16.3. The molecule has 0 radical (unpaired) electrons. The topological polar surface area (TPSA) is 108 Å². The van der Waals surface area contributed by atoms with E-state index in [1.54, 1.807) is 23.4 Å². The molecule has 2 amide bonds. The number of piperazine rings is 1. The standard InChI is InChI=1S/C46H49N5O4/c52-39(33-55-44-23-9-22-42-40(44)21-11-27-48-42)31-50-28-29-51(46(54)37-24-25-41-36(30-37)18-10-26-47-41)43(32-50)45(53)49-38(19-7-16-34-12-3-1-4-13-34)20-8-17-35-14-5-2-6-15-35/h1-6,9-15,18,21-27,30,38-39,43,52H,7-8,16-17,19-20,28-29,31-33H2,(H,49,53)/t39-,43?/m0/s1. The van der Waals surface area contributed by atoms with Crippen LogP contribution in [0.3, 0.4) is 0 Å². The molecule has 1 aliphatic heterocycles. The molecule has 9 heteroatoms. The Hall–Kier alpha value is -5.64. The molecular formula is C46H49N5O4. The lowest BCUT2D eigenvalue weighted by Gasteiger charge is -2.41. The zero-order valence-corrected chi connectivity index (χ0v) is 31.2. The number of carbonyl (C=O) groups excluding carboxylic acids is 2. The smallest absolute Gasteiger partial charge is 0.254 e. The minimum atomic E-state index is -0.811. The minimum Gasteiger partial charge on any atom is -0.490 e. The summed E-state index contributed by atoms with van der Waals surface area (Å²) >= 11 is 0. The van der Waals surface area contributed by atoms with Gasteiger partial charge in [-0.25, -0.2) is 0 Å². The first-order chi connectivity index (χ1) is 27.0. The summed E-state index contributed by atoms with van der Waals surface area (Å²) in [5.74, 6) is 0.302. The van der Waals surface area contributed by atoms with Crippen LogP contribution in [0.15, 0.2) is 134 Å². The first-order valence-electron chi connectivity index (χ1n) is 19.4. The average Bonchev–Trinajstić information content (AvgIpc) is 3.23. The zero-order valence-electron chi connectivity index (χ0n) is 31.2. The Morgan fingerprint density at radius 1 is 0.764 bits per heavy atom. The number of pyridine rings is 2. The number of benzene rings is 4. The quantitative estimate of drug-likeness (QED) is 0.112. The maximum atomic E-state index is 14.5. The molecule has 0 saturated carbocycles. The molecule has 7 rings (SSSR count). The highest BCUT2D eigenvalue weighted by atomic mass is 16.5. The molecule has 0 bridgehead atoms. The number of amides is 2. The summed E-state index contributed by atoms with van der Waals surface area (Å²) < 4.78 is 6.08. The molecule has 1 saturated heterocycles. The number of β-amino-alcohol motifs (C(OH)–C–C–N with tert-alkyl or cyclic N) is 1. The number of hydrogen-bond acceptors (Lipinski definition) is 7. The number of aryl methyl sites for hydroxylation is 2. The van der Waals surface area contributed by atoms with Gasteiger partial charge in [0.2, 0.25) is 5.91 Å². The van der Waals surface area contributed by atoms with Crippen molar-refractivity contribution in [3.8, 4) is 5.75 Å². The van der Waals surface area contributed by atoms with Crippen LogP contribution in [-0.4, -0.2) is 87.7 Å². The van der Waals surface area contributed by atoms with Gasteiger partial charge in [-0.1, -0.05) is 72.8 Å². The van der Waals surface area contributed by atoms with E-state index in [2.05, 4.69) is 68.7 Å². The predicted octanol–water partition coefficient (Wildman–Crippen LogP) is 6.88. The lowest BCUT2D eigenvalue weighted by Crippen LogP contribution is -2.62. The van der Waals surface area contributed by atoms with E-state index in [9.17, 15) is 14.7 Å². The van der Waals surface area contributed by atoms with Crippen LogP contribution < -0.4 is 10.1 Å². The maximum absolute atomic E-state index is 14.5. The van der Waals surface area contributed by atoms with Crippen molar-refractivity contribution in [3.63, 3.8) is 0 Å². The van der Waals surface area contributed by atoms with Gasteiger partial charge >= 0.3 is 0 Å². The Labute approximate surface area is 323 Å². The van der Waals surface area contributed by atoms with Gasteiger partial charge in [-0.15, -0.1) is 0 Å². The number of aliphatic hydroxyl groups is 1. The molecule has 0 spiro atoms. The van der Waals surface area contributed by atoms with E-state index < -0.39 is 12.1 Å². The molecule has 3 heterocycles. The Morgan fingerprint density at radius 2 is 1.45 bits per heavy atom. The zero-order chi connectivity index (χ0) is 37.8. The van der Waals surface area contributed by atoms with E-state index in [0.29, 0.717) is 37.5 Å². The van der Waals surface area contributed by atoms with Gasteiger partial charge in [-0.2, -0.15) is 0 Å². The summed E-state index contributed by atoms with van der Waals surface area (Å²) in [7, 11) is 0. The van der Waals surface area contributed by atoms with Crippen molar-refractivity contribution in [1.29, 1.82) is 0 Å². The Bertz CT molecular complexity index is 2110. The van der Waals surface area contributed by atoms with E-state index in [1.165, 1.54) is 11.1 Å². The molecule has 2 N–H and O–H groups in total. The second-order valence-corrected chi connectivity index (χ2v) is 14.4. The van der Waals surface area contributed by atoms with Crippen molar-refractivity contribution in [2.24, 2.45) is 0 Å². The van der Waals surface area contributed by atoms with E-state index in [-0.39, 0.29) is 24.5 Å². The van der Waals surface area contributed by atoms with Gasteiger partial charge in [0.1, 0.15) is 24.5 Å². The van der Waals surface area contributed by atoms with Gasteiger partial charge in [-0.05, 0) is 98.2 Å². The van der Waals surface area contributed by atoms with Crippen LogP contribution >= 0.6 is 0 Å². The highest BCUT2D eigenvalue weighted by Gasteiger charge is 2.37. The summed E-state index contributed by atoms with van der Waals surface area (Å²) in [4.78, 5) is 41.3. The van der Waals surface area contributed by atoms with Crippen molar-refractivity contribution >= 4 is 33.6 Å². The van der Waals surface area contributed by atoms with Crippen LogP contribution in [0.25, 0.3) is 21.8 Å². The summed E-state index contributed by atoms with van der Waals surface area (Å²) in [6.07, 6.45) is 8.06. The normalized spacial score (nSPS) is 15.3. The second kappa shape index (κ2) is 18.6. The van der Waals surface area contributed by atoms with E-state index in [0.717, 1.165) is 60.3 Å². The number of hydrogen-bond donors (Lipinski definition) is 2. The van der Waals surface area contributed by atoms with Crippen molar-refractivity contribution in [2.75, 3.05) is 32.8 Å². The molecular weight excluding hydrogens is 687 g/mol. The van der Waals surface area contributed by atoms with Crippen LogP contribution in [0.4, 0.5) is 0 Å². The summed E-state index contributed by atoms with van der Waals surface area (Å²) in [5.41, 5.74) is 4.71. The van der Waals surface area contributed by atoms with Crippen LogP contribution in [0.2, 0.25) is 0 Å².